The minimum atomic E-state index is 0. The zero-order valence-electron chi connectivity index (χ0n) is 3.89. The fraction of sp³-hybridized carbons (Fsp3) is 0. The van der Waals surface area contributed by atoms with Crippen molar-refractivity contribution in [3.63, 3.8) is 0 Å². The normalized spacial score (nSPS) is 0.667. The second-order valence-corrected chi connectivity index (χ2v) is 0. The van der Waals surface area contributed by atoms with Crippen LogP contribution < -0.4 is 103 Å². The first-order chi connectivity index (χ1) is 2.00. The van der Waals surface area contributed by atoms with Gasteiger partial charge in [0.05, 0.1) is 0 Å². The number of nitrogens with zero attached hydrogens (tertiary/aromatic N) is 2. The van der Waals surface area contributed by atoms with E-state index >= 15 is 0 Å². The Bertz CT molecular complexity index is 25.0. The van der Waals surface area contributed by atoms with Crippen LogP contribution in [0.2, 0.25) is 0 Å². The van der Waals surface area contributed by atoms with Gasteiger partial charge in [0.25, 0.3) is 0 Å². The molecular weight excluding hydrogens is 130 g/mol. The molecule has 0 unspecified atom stereocenters. The standard InChI is InChI=1S/2CN.2K/c2*1-2;;/q2*-1;2*+1. The minimum Gasteiger partial charge on any atom is -0.512 e. The molecule has 0 atom stereocenters. The minimum absolute atomic E-state index is 0. The van der Waals surface area contributed by atoms with Gasteiger partial charge < -0.3 is 23.7 Å². The van der Waals surface area contributed by atoms with E-state index in [1.165, 1.54) is 0 Å². The Kier molecular flexibility index (Phi) is 224. The fourth-order valence-electron chi connectivity index (χ4n) is 0. The maximum absolute atomic E-state index is 6.25. The summed E-state index contributed by atoms with van der Waals surface area (Å²) < 4.78 is 0. The van der Waals surface area contributed by atoms with Crippen LogP contribution in [0.25, 0.3) is 0 Å². The van der Waals surface area contributed by atoms with Gasteiger partial charge in [-0.25, -0.2) is 0 Å². The Hall–Kier alpha value is 2.25. The maximum atomic E-state index is 6.25. The van der Waals surface area contributed by atoms with E-state index < -0.39 is 0 Å². The zero-order valence-corrected chi connectivity index (χ0v) is 10.1. The molecule has 0 fully saturated rings. The van der Waals surface area contributed by atoms with E-state index in [4.69, 9.17) is 23.7 Å². The predicted octanol–water partition coefficient (Wildman–Crippen LogP) is -5.80. The van der Waals surface area contributed by atoms with Crippen molar-refractivity contribution in [2.75, 3.05) is 0 Å². The van der Waals surface area contributed by atoms with E-state index in [1.54, 1.807) is 0 Å². The molecule has 0 bridgehead atoms. The van der Waals surface area contributed by atoms with Gasteiger partial charge in [0.1, 0.15) is 0 Å². The molecule has 0 rings (SSSR count). The molecule has 6 heavy (non-hydrogen) atoms. The van der Waals surface area contributed by atoms with E-state index in [0.717, 1.165) is 0 Å². The zero-order chi connectivity index (χ0) is 4.00. The van der Waals surface area contributed by atoms with Crippen molar-refractivity contribution < 1.29 is 103 Å². The Morgan fingerprint density at radius 3 is 0.667 bits per heavy atom. The smallest absolute Gasteiger partial charge is 0.512 e. The third kappa shape index (κ3) is 34.0. The first-order valence-electron chi connectivity index (χ1n) is 0.447. The summed E-state index contributed by atoms with van der Waals surface area (Å²) in [7, 11) is 0. The van der Waals surface area contributed by atoms with Crippen LogP contribution in [0.4, 0.5) is 0 Å². The van der Waals surface area contributed by atoms with Gasteiger partial charge in [0.15, 0.2) is 0 Å². The average Bonchev–Trinajstić information content (AvgIpc) is 1.50. The molecule has 0 aromatic heterocycles. The van der Waals surface area contributed by atoms with Crippen LogP contribution in [-0.4, -0.2) is 0 Å². The molecule has 0 amide bonds. The van der Waals surface area contributed by atoms with Crippen LogP contribution in [-0.2, 0) is 0 Å². The van der Waals surface area contributed by atoms with Crippen molar-refractivity contribution >= 4 is 0 Å². The van der Waals surface area contributed by atoms with Crippen LogP contribution in [0.3, 0.4) is 0 Å². The van der Waals surface area contributed by atoms with Gasteiger partial charge in [0.2, 0.25) is 0 Å². The molecule has 0 aliphatic carbocycles. The number of hydrogen-bond acceptors (Lipinski definition) is 2. The molecule has 0 heterocycles. The second-order valence-electron chi connectivity index (χ2n) is 0. The SMILES string of the molecule is [C-]#N.[C-]#N.[K+].[K+]. The Morgan fingerprint density at radius 2 is 0.667 bits per heavy atom. The molecule has 0 saturated heterocycles. The monoisotopic (exact) mass is 130 g/mol. The van der Waals surface area contributed by atoms with Gasteiger partial charge in [-0.2, -0.15) is 0 Å². The second kappa shape index (κ2) is 55.9. The van der Waals surface area contributed by atoms with Crippen molar-refractivity contribution in [1.82, 2.24) is 0 Å². The van der Waals surface area contributed by atoms with E-state index in [-0.39, 0.29) is 103 Å². The van der Waals surface area contributed by atoms with Gasteiger partial charge in [-0.05, 0) is 0 Å². The molecule has 0 aromatic carbocycles. The summed E-state index contributed by atoms with van der Waals surface area (Å²) in [6.07, 6.45) is 0. The van der Waals surface area contributed by atoms with Gasteiger partial charge in [-0.3, -0.25) is 0 Å². The molecule has 0 aliphatic heterocycles. The molecule has 0 aromatic rings. The van der Waals surface area contributed by atoms with Crippen LogP contribution in [0, 0.1) is 23.7 Å². The summed E-state index contributed by atoms with van der Waals surface area (Å²) in [4.78, 5) is 0. The van der Waals surface area contributed by atoms with Crippen molar-refractivity contribution in [3.05, 3.63) is 13.1 Å². The number of rotatable bonds is 0. The summed E-state index contributed by atoms with van der Waals surface area (Å²) >= 11 is 0. The summed E-state index contributed by atoms with van der Waals surface area (Å²) in [5.41, 5.74) is 0. The van der Waals surface area contributed by atoms with E-state index in [9.17, 15) is 0 Å². The molecule has 0 spiro atoms. The third-order valence-electron chi connectivity index (χ3n) is 0. The average molecular weight is 130 g/mol. The van der Waals surface area contributed by atoms with Crippen LogP contribution in [0.15, 0.2) is 0 Å². The first-order valence-corrected chi connectivity index (χ1v) is 0.447. The largest absolute Gasteiger partial charge is 1.00 e. The van der Waals surface area contributed by atoms with Crippen molar-refractivity contribution in [2.24, 2.45) is 0 Å². The molecule has 0 saturated carbocycles. The van der Waals surface area contributed by atoms with Crippen LogP contribution in [0.1, 0.15) is 0 Å². The molecule has 2 nitrogen and oxygen atoms in total. The Labute approximate surface area is 123 Å². The van der Waals surface area contributed by atoms with E-state index in [1.807, 2.05) is 0 Å². The summed E-state index contributed by atoms with van der Waals surface area (Å²) in [6.45, 7) is 9.50. The molecule has 20 valence electrons. The Balaban J connectivity index is -0.00000000500. The van der Waals surface area contributed by atoms with Crippen LogP contribution in [0.5, 0.6) is 0 Å². The quantitative estimate of drug-likeness (QED) is 0.242. The van der Waals surface area contributed by atoms with Gasteiger partial charge in [-0.1, -0.05) is 0 Å². The molecule has 0 N–H and O–H groups in total. The van der Waals surface area contributed by atoms with Gasteiger partial charge in [-0.15, -0.1) is 0 Å². The van der Waals surface area contributed by atoms with Crippen molar-refractivity contribution in [2.45, 2.75) is 0 Å². The van der Waals surface area contributed by atoms with Gasteiger partial charge >= 0.3 is 103 Å². The topological polar surface area (TPSA) is 47.6 Å². The molecule has 0 radical (unpaired) electrons. The third-order valence-corrected chi connectivity index (χ3v) is 0. The van der Waals surface area contributed by atoms with E-state index in [0.29, 0.717) is 0 Å². The van der Waals surface area contributed by atoms with E-state index in [2.05, 4.69) is 0 Å². The van der Waals surface area contributed by atoms with Gasteiger partial charge in [0, 0.05) is 0 Å². The van der Waals surface area contributed by atoms with Crippen LogP contribution >= 0.6 is 0 Å². The summed E-state index contributed by atoms with van der Waals surface area (Å²) in [5, 5.41) is 12.5. The molecular formula is C2K2N2. The summed E-state index contributed by atoms with van der Waals surface area (Å²) in [6, 6.07) is 0. The number of hydrogen-bond donors (Lipinski definition) is 0. The summed E-state index contributed by atoms with van der Waals surface area (Å²) in [5.74, 6) is 0. The predicted molar refractivity (Wildman–Crippen MR) is 9.94 cm³/mol. The first kappa shape index (κ1) is 24.0. The fourth-order valence-corrected chi connectivity index (χ4v) is 0. The maximum Gasteiger partial charge on any atom is 1.00 e. The molecule has 0 aliphatic rings. The Morgan fingerprint density at radius 1 is 0.667 bits per heavy atom. The molecule has 4 heteroatoms. The van der Waals surface area contributed by atoms with Crippen molar-refractivity contribution in [3.8, 4) is 0 Å². The van der Waals surface area contributed by atoms with Crippen molar-refractivity contribution in [1.29, 1.82) is 10.5 Å².